The first kappa shape index (κ1) is 19.3. The van der Waals surface area contributed by atoms with Crippen molar-refractivity contribution in [3.63, 3.8) is 0 Å². The van der Waals surface area contributed by atoms with E-state index in [4.69, 9.17) is 0 Å². The van der Waals surface area contributed by atoms with E-state index in [0.717, 1.165) is 15.6 Å². The van der Waals surface area contributed by atoms with E-state index in [-0.39, 0.29) is 17.5 Å². The van der Waals surface area contributed by atoms with Crippen LogP contribution in [0.4, 0.5) is 15.2 Å². The van der Waals surface area contributed by atoms with Crippen LogP contribution in [0.1, 0.15) is 11.1 Å². The highest BCUT2D eigenvalue weighted by Gasteiger charge is 2.09. The SMILES string of the molecule is Cc1ccccc1Nc1nnc(SCC(=O)NCCc2ccccc2F)s1. The van der Waals surface area contributed by atoms with Crippen LogP contribution in [0, 0.1) is 12.7 Å². The fourth-order valence-electron chi connectivity index (χ4n) is 2.36. The molecule has 1 amide bonds. The Morgan fingerprint density at radius 2 is 1.93 bits per heavy atom. The highest BCUT2D eigenvalue weighted by molar-refractivity contribution is 8.01. The number of rotatable bonds is 8. The van der Waals surface area contributed by atoms with Crippen molar-refractivity contribution in [1.29, 1.82) is 0 Å². The van der Waals surface area contributed by atoms with Crippen molar-refractivity contribution in [1.82, 2.24) is 15.5 Å². The van der Waals surface area contributed by atoms with Crippen molar-refractivity contribution in [3.8, 4) is 0 Å². The van der Waals surface area contributed by atoms with Crippen molar-refractivity contribution in [2.24, 2.45) is 0 Å². The summed E-state index contributed by atoms with van der Waals surface area (Å²) in [5.41, 5.74) is 2.70. The average Bonchev–Trinajstić information content (AvgIpc) is 3.11. The number of hydrogen-bond donors (Lipinski definition) is 2. The fraction of sp³-hybridized carbons (Fsp3) is 0.211. The molecule has 0 fully saturated rings. The minimum atomic E-state index is -0.247. The number of thioether (sulfide) groups is 1. The third-order valence-corrected chi connectivity index (χ3v) is 5.77. The third-order valence-electron chi connectivity index (χ3n) is 3.79. The molecule has 3 rings (SSSR count). The molecule has 1 heterocycles. The van der Waals surface area contributed by atoms with E-state index in [1.54, 1.807) is 18.2 Å². The van der Waals surface area contributed by atoms with Gasteiger partial charge in [-0.3, -0.25) is 4.79 Å². The van der Waals surface area contributed by atoms with E-state index in [0.29, 0.717) is 23.7 Å². The summed E-state index contributed by atoms with van der Waals surface area (Å²) in [5.74, 6) is -0.111. The molecule has 0 spiro atoms. The molecule has 0 aliphatic carbocycles. The van der Waals surface area contributed by atoms with Gasteiger partial charge in [0.25, 0.3) is 0 Å². The van der Waals surface area contributed by atoms with E-state index >= 15 is 0 Å². The number of anilines is 2. The third kappa shape index (κ3) is 5.77. The van der Waals surface area contributed by atoms with Gasteiger partial charge in [-0.1, -0.05) is 59.5 Å². The van der Waals surface area contributed by atoms with Crippen LogP contribution in [0.5, 0.6) is 0 Å². The summed E-state index contributed by atoms with van der Waals surface area (Å²) in [4.78, 5) is 11.9. The fourth-order valence-corrected chi connectivity index (χ4v) is 3.96. The van der Waals surface area contributed by atoms with Gasteiger partial charge in [0.15, 0.2) is 4.34 Å². The van der Waals surface area contributed by atoms with Gasteiger partial charge >= 0.3 is 0 Å². The van der Waals surface area contributed by atoms with E-state index in [1.807, 2.05) is 31.2 Å². The number of carbonyl (C=O) groups is 1. The van der Waals surface area contributed by atoms with E-state index < -0.39 is 0 Å². The van der Waals surface area contributed by atoms with Crippen molar-refractivity contribution >= 4 is 39.8 Å². The number of nitrogens with zero attached hydrogens (tertiary/aromatic N) is 2. The predicted octanol–water partition coefficient (Wildman–Crippen LogP) is 4.18. The maximum absolute atomic E-state index is 13.5. The van der Waals surface area contributed by atoms with Gasteiger partial charge in [0.1, 0.15) is 5.82 Å². The minimum Gasteiger partial charge on any atom is -0.355 e. The van der Waals surface area contributed by atoms with Crippen LogP contribution in [-0.2, 0) is 11.2 Å². The zero-order chi connectivity index (χ0) is 19.1. The molecule has 1 aromatic heterocycles. The van der Waals surface area contributed by atoms with E-state index in [1.165, 1.54) is 29.2 Å². The number of halogens is 1. The molecule has 0 aliphatic heterocycles. The highest BCUT2D eigenvalue weighted by atomic mass is 32.2. The zero-order valence-corrected chi connectivity index (χ0v) is 16.4. The standard InChI is InChI=1S/C19H19FN4OS2/c1-13-6-2-5-9-16(13)22-18-23-24-19(27-18)26-12-17(25)21-11-10-14-7-3-4-8-15(14)20/h2-9H,10-12H2,1H3,(H,21,25)(H,22,23). The lowest BCUT2D eigenvalue weighted by atomic mass is 10.1. The number of carbonyl (C=O) groups excluding carboxylic acids is 1. The largest absolute Gasteiger partial charge is 0.355 e. The first-order chi connectivity index (χ1) is 13.1. The lowest BCUT2D eigenvalue weighted by molar-refractivity contribution is -0.118. The summed E-state index contributed by atoms with van der Waals surface area (Å²) in [7, 11) is 0. The van der Waals surface area contributed by atoms with Gasteiger partial charge in [-0.2, -0.15) is 0 Å². The summed E-state index contributed by atoms with van der Waals surface area (Å²) >= 11 is 2.73. The molecule has 27 heavy (non-hydrogen) atoms. The molecule has 3 aromatic rings. The normalized spacial score (nSPS) is 10.6. The molecular formula is C19H19FN4OS2. The second-order valence-corrected chi connectivity index (χ2v) is 7.99. The number of hydrogen-bond acceptors (Lipinski definition) is 6. The molecule has 0 bridgehead atoms. The smallest absolute Gasteiger partial charge is 0.230 e. The second kappa shape index (κ2) is 9.48. The van der Waals surface area contributed by atoms with Crippen LogP contribution in [0.2, 0.25) is 0 Å². The number of nitrogens with one attached hydrogen (secondary N) is 2. The van der Waals surface area contributed by atoms with Crippen molar-refractivity contribution < 1.29 is 9.18 Å². The highest BCUT2D eigenvalue weighted by Crippen LogP contribution is 2.28. The maximum atomic E-state index is 13.5. The average molecular weight is 403 g/mol. The van der Waals surface area contributed by atoms with Crippen molar-refractivity contribution in [2.75, 3.05) is 17.6 Å². The van der Waals surface area contributed by atoms with Gasteiger partial charge in [-0.25, -0.2) is 4.39 Å². The Morgan fingerprint density at radius 1 is 1.15 bits per heavy atom. The molecule has 8 heteroatoms. The molecule has 0 radical (unpaired) electrons. The van der Waals surface area contributed by atoms with Crippen LogP contribution in [0.25, 0.3) is 0 Å². The maximum Gasteiger partial charge on any atom is 0.230 e. The summed E-state index contributed by atoms with van der Waals surface area (Å²) in [6.07, 6.45) is 0.465. The second-order valence-electron chi connectivity index (χ2n) is 5.79. The van der Waals surface area contributed by atoms with E-state index in [2.05, 4.69) is 20.8 Å². The summed E-state index contributed by atoms with van der Waals surface area (Å²) in [6.45, 7) is 2.42. The van der Waals surface area contributed by atoms with Gasteiger partial charge in [-0.05, 0) is 36.6 Å². The van der Waals surface area contributed by atoms with Crippen molar-refractivity contribution in [2.45, 2.75) is 17.7 Å². The Hall–Kier alpha value is -2.45. The Morgan fingerprint density at radius 3 is 2.74 bits per heavy atom. The first-order valence-electron chi connectivity index (χ1n) is 8.41. The first-order valence-corrected chi connectivity index (χ1v) is 10.2. The predicted molar refractivity (Wildman–Crippen MR) is 108 cm³/mol. The summed E-state index contributed by atoms with van der Waals surface area (Å²) in [5, 5.41) is 14.9. The quantitative estimate of drug-likeness (QED) is 0.553. The molecule has 140 valence electrons. The lowest BCUT2D eigenvalue weighted by Crippen LogP contribution is -2.27. The van der Waals surface area contributed by atoms with E-state index in [9.17, 15) is 9.18 Å². The lowest BCUT2D eigenvalue weighted by Gasteiger charge is -2.05. The summed E-state index contributed by atoms with van der Waals surface area (Å²) in [6, 6.07) is 14.5. The number of aryl methyl sites for hydroxylation is 1. The molecule has 0 unspecified atom stereocenters. The number of amides is 1. The van der Waals surface area contributed by atoms with Crippen LogP contribution < -0.4 is 10.6 Å². The summed E-state index contributed by atoms with van der Waals surface area (Å²) < 4.78 is 14.2. The van der Waals surface area contributed by atoms with Crippen molar-refractivity contribution in [3.05, 3.63) is 65.5 Å². The van der Waals surface area contributed by atoms with Gasteiger partial charge in [-0.15, -0.1) is 10.2 Å². The number of aromatic nitrogens is 2. The molecule has 2 N–H and O–H groups in total. The van der Waals surface area contributed by atoms with Crippen LogP contribution in [0.3, 0.4) is 0 Å². The number of para-hydroxylation sites is 1. The van der Waals surface area contributed by atoms with Crippen LogP contribution in [-0.4, -0.2) is 28.4 Å². The Bertz CT molecular complexity index is 916. The number of benzene rings is 2. The van der Waals surface area contributed by atoms with Crippen LogP contribution in [0.15, 0.2) is 52.9 Å². The molecule has 0 saturated carbocycles. The molecule has 0 saturated heterocycles. The Labute approximate surface area is 165 Å². The van der Waals surface area contributed by atoms with Gasteiger partial charge in [0.05, 0.1) is 5.75 Å². The van der Waals surface area contributed by atoms with Crippen LogP contribution >= 0.6 is 23.1 Å². The molecular weight excluding hydrogens is 383 g/mol. The van der Waals surface area contributed by atoms with Gasteiger partial charge in [0.2, 0.25) is 11.0 Å². The molecule has 2 aromatic carbocycles. The topological polar surface area (TPSA) is 66.9 Å². The van der Waals surface area contributed by atoms with Gasteiger partial charge < -0.3 is 10.6 Å². The molecule has 5 nitrogen and oxygen atoms in total. The molecule has 0 atom stereocenters. The minimum absolute atomic E-state index is 0.111. The Kier molecular flexibility index (Phi) is 6.78. The molecule has 0 aliphatic rings. The van der Waals surface area contributed by atoms with Gasteiger partial charge in [0, 0.05) is 12.2 Å². The monoisotopic (exact) mass is 402 g/mol. The Balaban J connectivity index is 1.42. The zero-order valence-electron chi connectivity index (χ0n) is 14.7.